The molecule has 0 aliphatic rings. The van der Waals surface area contributed by atoms with E-state index in [1.807, 2.05) is 6.92 Å². The minimum absolute atomic E-state index is 0.0720. The average Bonchev–Trinajstić information content (AvgIpc) is 3.14. The number of para-hydroxylation sites is 3. The van der Waals surface area contributed by atoms with Gasteiger partial charge in [-0.1, -0.05) is 30.3 Å². The summed E-state index contributed by atoms with van der Waals surface area (Å²) < 4.78 is 24.8. The largest absolute Gasteiger partial charge is 0.492 e. The third-order valence-electron chi connectivity index (χ3n) is 4.56. The van der Waals surface area contributed by atoms with Gasteiger partial charge >= 0.3 is 0 Å². The quantitative estimate of drug-likeness (QED) is 0.435. The van der Waals surface area contributed by atoms with E-state index in [1.165, 1.54) is 18.2 Å². The van der Waals surface area contributed by atoms with Crippen LogP contribution in [0, 0.1) is 5.82 Å². The Labute approximate surface area is 177 Å². The van der Waals surface area contributed by atoms with E-state index in [0.717, 1.165) is 6.07 Å². The zero-order valence-electron chi connectivity index (χ0n) is 16.6. The van der Waals surface area contributed by atoms with Crippen LogP contribution in [0.1, 0.15) is 27.8 Å². The van der Waals surface area contributed by atoms with Crippen LogP contribution in [0.2, 0.25) is 0 Å². The molecule has 0 saturated heterocycles. The molecule has 31 heavy (non-hydrogen) atoms. The Morgan fingerprint density at radius 2 is 1.71 bits per heavy atom. The summed E-state index contributed by atoms with van der Waals surface area (Å²) in [5, 5.41) is 6.01. The molecule has 2 amide bonds. The third kappa shape index (κ3) is 4.25. The fourth-order valence-corrected chi connectivity index (χ4v) is 3.18. The first-order valence-corrected chi connectivity index (χ1v) is 9.68. The van der Waals surface area contributed by atoms with Gasteiger partial charge in [0.1, 0.15) is 22.8 Å². The smallest absolute Gasteiger partial charge is 0.293 e. The molecular formula is C24H19FN2O4. The lowest BCUT2D eigenvalue weighted by Crippen LogP contribution is -2.17. The molecule has 156 valence electrons. The molecule has 0 bridgehead atoms. The van der Waals surface area contributed by atoms with Gasteiger partial charge in [-0.2, -0.15) is 0 Å². The number of hydrogen-bond donors (Lipinski definition) is 2. The molecule has 1 aromatic heterocycles. The van der Waals surface area contributed by atoms with Crippen molar-refractivity contribution < 1.29 is 23.1 Å². The minimum Gasteiger partial charge on any atom is -0.492 e. The molecule has 4 rings (SSSR count). The number of anilines is 2. The van der Waals surface area contributed by atoms with Gasteiger partial charge in [-0.3, -0.25) is 9.59 Å². The molecule has 0 aliphatic heterocycles. The van der Waals surface area contributed by atoms with Gasteiger partial charge in [0.2, 0.25) is 5.76 Å². The number of halogens is 1. The van der Waals surface area contributed by atoms with E-state index in [-0.39, 0.29) is 17.0 Å². The molecule has 6 nitrogen and oxygen atoms in total. The van der Waals surface area contributed by atoms with Crippen LogP contribution in [-0.2, 0) is 0 Å². The standard InChI is InChI=1S/C24H19FN2O4/c1-2-30-20-13-6-4-11-18(20)26-24(29)22-21(17-10-3-5-12-19(17)31-22)27-23(28)15-8-7-9-16(25)14-15/h3-14H,2H2,1H3,(H,26,29)(H,27,28). The lowest BCUT2D eigenvalue weighted by Gasteiger charge is -2.11. The molecule has 0 aliphatic carbocycles. The molecule has 1 heterocycles. The van der Waals surface area contributed by atoms with E-state index >= 15 is 0 Å². The van der Waals surface area contributed by atoms with Crippen LogP contribution in [-0.4, -0.2) is 18.4 Å². The maximum atomic E-state index is 13.5. The Morgan fingerprint density at radius 1 is 0.935 bits per heavy atom. The summed E-state index contributed by atoms with van der Waals surface area (Å²) >= 11 is 0. The van der Waals surface area contributed by atoms with Gasteiger partial charge in [0.05, 0.1) is 12.3 Å². The molecule has 4 aromatic rings. The van der Waals surface area contributed by atoms with Crippen molar-refractivity contribution in [3.63, 3.8) is 0 Å². The number of carbonyl (C=O) groups is 2. The maximum Gasteiger partial charge on any atom is 0.293 e. The minimum atomic E-state index is -0.560. The van der Waals surface area contributed by atoms with Crippen LogP contribution in [0.5, 0.6) is 5.75 Å². The van der Waals surface area contributed by atoms with Gasteiger partial charge < -0.3 is 19.8 Å². The molecule has 0 saturated carbocycles. The number of furan rings is 1. The van der Waals surface area contributed by atoms with Crippen LogP contribution in [0.3, 0.4) is 0 Å². The molecule has 0 atom stereocenters. The van der Waals surface area contributed by atoms with Crippen LogP contribution >= 0.6 is 0 Å². The highest BCUT2D eigenvalue weighted by Gasteiger charge is 2.23. The predicted octanol–water partition coefficient (Wildman–Crippen LogP) is 5.48. The number of ether oxygens (including phenoxy) is 1. The fraction of sp³-hybridized carbons (Fsp3) is 0.0833. The van der Waals surface area contributed by atoms with Gasteiger partial charge in [-0.05, 0) is 49.4 Å². The SMILES string of the molecule is CCOc1ccccc1NC(=O)c1oc2ccccc2c1NC(=O)c1cccc(F)c1. The molecule has 7 heteroatoms. The predicted molar refractivity (Wildman–Crippen MR) is 116 cm³/mol. The summed E-state index contributed by atoms with van der Waals surface area (Å²) in [6, 6.07) is 19.3. The Kier molecular flexibility index (Phi) is 5.66. The van der Waals surface area contributed by atoms with E-state index in [2.05, 4.69) is 10.6 Å². The first-order valence-electron chi connectivity index (χ1n) is 9.68. The number of rotatable bonds is 6. The van der Waals surface area contributed by atoms with Crippen molar-refractivity contribution in [3.05, 3.63) is 89.9 Å². The molecular weight excluding hydrogens is 399 g/mol. The van der Waals surface area contributed by atoms with Crippen LogP contribution < -0.4 is 15.4 Å². The van der Waals surface area contributed by atoms with Gasteiger partial charge in [-0.15, -0.1) is 0 Å². The molecule has 3 aromatic carbocycles. The van der Waals surface area contributed by atoms with E-state index in [9.17, 15) is 14.0 Å². The molecule has 0 spiro atoms. The molecule has 0 unspecified atom stereocenters. The number of amides is 2. The van der Waals surface area contributed by atoms with Crippen molar-refractivity contribution in [2.45, 2.75) is 6.92 Å². The maximum absolute atomic E-state index is 13.5. The Hall–Kier alpha value is -4.13. The van der Waals surface area contributed by atoms with Crippen LogP contribution in [0.4, 0.5) is 15.8 Å². The first kappa shape index (κ1) is 20.2. The second-order valence-electron chi connectivity index (χ2n) is 6.65. The van der Waals surface area contributed by atoms with Gasteiger partial charge in [0, 0.05) is 10.9 Å². The first-order chi connectivity index (χ1) is 15.1. The fourth-order valence-electron chi connectivity index (χ4n) is 3.18. The lowest BCUT2D eigenvalue weighted by atomic mass is 10.1. The average molecular weight is 418 g/mol. The normalized spacial score (nSPS) is 10.6. The van der Waals surface area contributed by atoms with E-state index < -0.39 is 17.6 Å². The van der Waals surface area contributed by atoms with E-state index in [1.54, 1.807) is 48.5 Å². The van der Waals surface area contributed by atoms with Crippen molar-refractivity contribution in [1.82, 2.24) is 0 Å². The number of benzene rings is 3. The summed E-state index contributed by atoms with van der Waals surface area (Å²) in [7, 11) is 0. The van der Waals surface area contributed by atoms with Gasteiger partial charge in [0.15, 0.2) is 0 Å². The zero-order valence-corrected chi connectivity index (χ0v) is 16.6. The lowest BCUT2D eigenvalue weighted by molar-refractivity contribution is 0.0999. The molecule has 0 fully saturated rings. The summed E-state index contributed by atoms with van der Waals surface area (Å²) in [5.74, 6) is -1.21. The summed E-state index contributed by atoms with van der Waals surface area (Å²) in [5.41, 5.74) is 1.23. The summed E-state index contributed by atoms with van der Waals surface area (Å²) in [6.07, 6.45) is 0. The monoisotopic (exact) mass is 418 g/mol. The van der Waals surface area contributed by atoms with Crippen molar-refractivity contribution in [2.75, 3.05) is 17.2 Å². The van der Waals surface area contributed by atoms with Crippen molar-refractivity contribution in [3.8, 4) is 5.75 Å². The summed E-state index contributed by atoms with van der Waals surface area (Å²) in [4.78, 5) is 25.8. The highest BCUT2D eigenvalue weighted by Crippen LogP contribution is 2.33. The van der Waals surface area contributed by atoms with Crippen LogP contribution in [0.25, 0.3) is 11.0 Å². The second-order valence-corrected chi connectivity index (χ2v) is 6.65. The van der Waals surface area contributed by atoms with Crippen molar-refractivity contribution in [1.29, 1.82) is 0 Å². The topological polar surface area (TPSA) is 80.6 Å². The Bertz CT molecular complexity index is 1270. The van der Waals surface area contributed by atoms with Crippen molar-refractivity contribution in [2.24, 2.45) is 0 Å². The highest BCUT2D eigenvalue weighted by atomic mass is 19.1. The van der Waals surface area contributed by atoms with Crippen LogP contribution in [0.15, 0.2) is 77.2 Å². The highest BCUT2D eigenvalue weighted by molar-refractivity contribution is 6.17. The van der Waals surface area contributed by atoms with Gasteiger partial charge in [0.25, 0.3) is 11.8 Å². The zero-order chi connectivity index (χ0) is 21.8. The van der Waals surface area contributed by atoms with Crippen molar-refractivity contribution >= 4 is 34.2 Å². The summed E-state index contributed by atoms with van der Waals surface area (Å²) in [6.45, 7) is 2.28. The number of hydrogen-bond acceptors (Lipinski definition) is 4. The number of fused-ring (bicyclic) bond motifs is 1. The number of carbonyl (C=O) groups excluding carboxylic acids is 2. The number of nitrogens with one attached hydrogen (secondary N) is 2. The molecule has 0 radical (unpaired) electrons. The third-order valence-corrected chi connectivity index (χ3v) is 4.56. The van der Waals surface area contributed by atoms with Gasteiger partial charge in [-0.25, -0.2) is 4.39 Å². The second kappa shape index (κ2) is 8.71. The van der Waals surface area contributed by atoms with E-state index in [4.69, 9.17) is 9.15 Å². The van der Waals surface area contributed by atoms with E-state index in [0.29, 0.717) is 29.0 Å². The Balaban J connectivity index is 1.70. The Morgan fingerprint density at radius 3 is 2.52 bits per heavy atom. The molecule has 2 N–H and O–H groups in total.